The summed E-state index contributed by atoms with van der Waals surface area (Å²) in [4.78, 5) is 0. The second-order valence-electron chi connectivity index (χ2n) is 2.86. The summed E-state index contributed by atoms with van der Waals surface area (Å²) in [6, 6.07) is 0. The molecule has 0 bridgehead atoms. The summed E-state index contributed by atoms with van der Waals surface area (Å²) in [6.07, 6.45) is -0.0868. The highest BCUT2D eigenvalue weighted by Crippen LogP contribution is 2.50. The van der Waals surface area contributed by atoms with Gasteiger partial charge >= 0.3 is 6.72 Å². The standard InChI is InChI=1S/C6H16NO3PS/c1-5(2)8-11(12,10-7)9-6(3)4/h5-6H,7H2,1-4H3. The molecule has 6 heteroatoms. The van der Waals surface area contributed by atoms with Crippen molar-refractivity contribution < 1.29 is 13.7 Å². The Morgan fingerprint density at radius 2 is 1.42 bits per heavy atom. The molecule has 0 atom stereocenters. The normalized spacial score (nSPS) is 12.9. The van der Waals surface area contributed by atoms with Crippen LogP contribution in [-0.2, 0) is 25.5 Å². The molecule has 0 aliphatic rings. The van der Waals surface area contributed by atoms with Crippen LogP contribution in [0.1, 0.15) is 27.7 Å². The fourth-order valence-corrected chi connectivity index (χ4v) is 2.81. The Bertz CT molecular complexity index is 160. The number of rotatable bonds is 5. The molecule has 0 aliphatic carbocycles. The number of hydrogen-bond acceptors (Lipinski definition) is 5. The summed E-state index contributed by atoms with van der Waals surface area (Å²) < 4.78 is 15.0. The maximum Gasteiger partial charge on any atom is 0.344 e. The lowest BCUT2D eigenvalue weighted by Crippen LogP contribution is -2.12. The van der Waals surface area contributed by atoms with E-state index in [0.29, 0.717) is 0 Å². The van der Waals surface area contributed by atoms with Gasteiger partial charge in [0, 0.05) is 0 Å². The molecule has 0 aliphatic heterocycles. The molecule has 0 spiro atoms. The van der Waals surface area contributed by atoms with Crippen molar-refractivity contribution in [3.8, 4) is 0 Å². The summed E-state index contributed by atoms with van der Waals surface area (Å²) in [5, 5.41) is 0. The van der Waals surface area contributed by atoms with Crippen molar-refractivity contribution in [1.29, 1.82) is 0 Å². The zero-order valence-electron chi connectivity index (χ0n) is 7.81. The number of nitrogens with two attached hydrogens (primary N) is 1. The van der Waals surface area contributed by atoms with Crippen LogP contribution < -0.4 is 5.90 Å². The van der Waals surface area contributed by atoms with Gasteiger partial charge in [-0.15, -0.1) is 0 Å². The molecule has 0 aromatic carbocycles. The van der Waals surface area contributed by atoms with E-state index in [2.05, 4.69) is 4.62 Å². The molecule has 12 heavy (non-hydrogen) atoms. The van der Waals surface area contributed by atoms with E-state index >= 15 is 0 Å². The quantitative estimate of drug-likeness (QED) is 0.558. The molecule has 0 saturated carbocycles. The Labute approximate surface area is 78.6 Å². The van der Waals surface area contributed by atoms with Crippen LogP contribution >= 0.6 is 6.72 Å². The van der Waals surface area contributed by atoms with E-state index in [1.54, 1.807) is 0 Å². The van der Waals surface area contributed by atoms with Crippen LogP contribution in [0.15, 0.2) is 0 Å². The van der Waals surface area contributed by atoms with Crippen LogP contribution in [0.5, 0.6) is 0 Å². The van der Waals surface area contributed by atoms with Crippen LogP contribution in [0.4, 0.5) is 0 Å². The van der Waals surface area contributed by atoms with Crippen molar-refractivity contribution in [3.05, 3.63) is 0 Å². The maximum atomic E-state index is 5.25. The second-order valence-corrected chi connectivity index (χ2v) is 5.73. The van der Waals surface area contributed by atoms with Gasteiger partial charge in [0.2, 0.25) is 0 Å². The van der Waals surface area contributed by atoms with Crippen molar-refractivity contribution in [3.63, 3.8) is 0 Å². The Morgan fingerprint density at radius 3 is 1.58 bits per heavy atom. The van der Waals surface area contributed by atoms with E-state index in [-0.39, 0.29) is 12.2 Å². The molecule has 0 aromatic heterocycles. The molecular weight excluding hydrogens is 197 g/mol. The van der Waals surface area contributed by atoms with Crippen molar-refractivity contribution in [2.75, 3.05) is 0 Å². The first kappa shape index (κ1) is 12.5. The smallest absolute Gasteiger partial charge is 0.305 e. The molecule has 0 amide bonds. The van der Waals surface area contributed by atoms with E-state index in [9.17, 15) is 0 Å². The summed E-state index contributed by atoms with van der Waals surface area (Å²) in [5.74, 6) is 5.00. The topological polar surface area (TPSA) is 53.7 Å². The van der Waals surface area contributed by atoms with Crippen LogP contribution in [-0.4, -0.2) is 12.2 Å². The van der Waals surface area contributed by atoms with Gasteiger partial charge < -0.3 is 9.05 Å². The predicted molar refractivity (Wildman–Crippen MR) is 52.0 cm³/mol. The number of hydrogen-bond donors (Lipinski definition) is 1. The molecule has 74 valence electrons. The lowest BCUT2D eigenvalue weighted by Gasteiger charge is -2.22. The van der Waals surface area contributed by atoms with Crippen LogP contribution in [0.3, 0.4) is 0 Å². The average Bonchev–Trinajstić information content (AvgIpc) is 1.83. The second kappa shape index (κ2) is 5.27. The minimum Gasteiger partial charge on any atom is -0.305 e. The van der Waals surface area contributed by atoms with Crippen molar-refractivity contribution in [2.24, 2.45) is 5.90 Å². The lowest BCUT2D eigenvalue weighted by molar-refractivity contribution is 0.110. The highest BCUT2D eigenvalue weighted by Gasteiger charge is 2.22. The van der Waals surface area contributed by atoms with E-state index in [1.807, 2.05) is 27.7 Å². The van der Waals surface area contributed by atoms with Crippen LogP contribution in [0.2, 0.25) is 0 Å². The first-order valence-corrected chi connectivity index (χ1v) is 6.30. The monoisotopic (exact) mass is 213 g/mol. The summed E-state index contributed by atoms with van der Waals surface area (Å²) in [7, 11) is 0. The molecule has 0 unspecified atom stereocenters. The van der Waals surface area contributed by atoms with Crippen LogP contribution in [0, 0.1) is 0 Å². The highest BCUT2D eigenvalue weighted by molar-refractivity contribution is 8.07. The summed E-state index contributed by atoms with van der Waals surface area (Å²) >= 11 is 4.97. The van der Waals surface area contributed by atoms with Crippen molar-refractivity contribution >= 4 is 18.5 Å². The Kier molecular flexibility index (Phi) is 5.48. The Balaban J connectivity index is 4.15. The van der Waals surface area contributed by atoms with Gasteiger partial charge in [0.1, 0.15) is 0 Å². The third kappa shape index (κ3) is 5.19. The van der Waals surface area contributed by atoms with E-state index < -0.39 is 6.72 Å². The molecule has 0 heterocycles. The minimum atomic E-state index is -2.70. The molecule has 0 rings (SSSR count). The molecule has 4 nitrogen and oxygen atoms in total. The molecule has 0 saturated heterocycles. The van der Waals surface area contributed by atoms with Gasteiger partial charge in [-0.1, -0.05) is 0 Å². The average molecular weight is 213 g/mol. The van der Waals surface area contributed by atoms with Gasteiger partial charge in [-0.2, -0.15) is 0 Å². The van der Waals surface area contributed by atoms with E-state index in [0.717, 1.165) is 0 Å². The molecule has 0 aromatic rings. The van der Waals surface area contributed by atoms with E-state index in [1.165, 1.54) is 0 Å². The lowest BCUT2D eigenvalue weighted by atomic mass is 10.5. The SMILES string of the molecule is CC(C)OP(=S)(ON)OC(C)C. The predicted octanol–water partition coefficient (Wildman–Crippen LogP) is 1.95. The van der Waals surface area contributed by atoms with Crippen LogP contribution in [0.25, 0.3) is 0 Å². The highest BCUT2D eigenvalue weighted by atomic mass is 32.5. The maximum absolute atomic E-state index is 5.25. The Morgan fingerprint density at radius 1 is 1.08 bits per heavy atom. The molecule has 2 N–H and O–H groups in total. The van der Waals surface area contributed by atoms with Gasteiger partial charge in [-0.25, -0.2) is 10.5 Å². The minimum absolute atomic E-state index is 0.0434. The summed E-state index contributed by atoms with van der Waals surface area (Å²) in [6.45, 7) is 4.70. The first-order chi connectivity index (χ1) is 5.39. The largest absolute Gasteiger partial charge is 0.344 e. The summed E-state index contributed by atoms with van der Waals surface area (Å²) in [5.41, 5.74) is 0. The third-order valence-electron chi connectivity index (χ3n) is 0.809. The fraction of sp³-hybridized carbons (Fsp3) is 1.00. The molecule has 0 fully saturated rings. The zero-order valence-corrected chi connectivity index (χ0v) is 9.52. The molecular formula is C6H16NO3PS. The zero-order chi connectivity index (χ0) is 9.78. The van der Waals surface area contributed by atoms with E-state index in [4.69, 9.17) is 26.8 Å². The van der Waals surface area contributed by atoms with Gasteiger partial charge in [0.15, 0.2) is 0 Å². The van der Waals surface area contributed by atoms with Crippen molar-refractivity contribution in [2.45, 2.75) is 39.9 Å². The van der Waals surface area contributed by atoms with Gasteiger partial charge in [-0.05, 0) is 39.5 Å². The van der Waals surface area contributed by atoms with Gasteiger partial charge in [-0.3, -0.25) is 0 Å². The Hall–Kier alpha value is 0.490. The first-order valence-electron chi connectivity index (χ1n) is 3.75. The van der Waals surface area contributed by atoms with Gasteiger partial charge in [0.25, 0.3) is 0 Å². The molecule has 0 radical (unpaired) electrons. The fourth-order valence-electron chi connectivity index (χ4n) is 0.591. The van der Waals surface area contributed by atoms with Crippen molar-refractivity contribution in [1.82, 2.24) is 0 Å². The third-order valence-corrected chi connectivity index (χ3v) is 3.20. The van der Waals surface area contributed by atoms with Gasteiger partial charge in [0.05, 0.1) is 12.2 Å².